The van der Waals surface area contributed by atoms with E-state index in [4.69, 9.17) is 10.00 Å². The molecule has 0 aliphatic carbocycles. The lowest BCUT2D eigenvalue weighted by Crippen LogP contribution is -2.05. The van der Waals surface area contributed by atoms with Crippen molar-refractivity contribution >= 4 is 17.0 Å². The van der Waals surface area contributed by atoms with E-state index in [0.29, 0.717) is 41.0 Å². The number of nitriles is 1. The number of carbonyl (C=O) groups excluding carboxylic acids is 1. The number of rotatable bonds is 4. The molecule has 7 heteroatoms. The van der Waals surface area contributed by atoms with Crippen LogP contribution in [-0.4, -0.2) is 32.8 Å². The van der Waals surface area contributed by atoms with Gasteiger partial charge in [0.05, 0.1) is 48.5 Å². The first kappa shape index (κ1) is 15.6. The van der Waals surface area contributed by atoms with Crippen molar-refractivity contribution in [2.75, 3.05) is 7.11 Å². The second kappa shape index (κ2) is 6.46. The topological polar surface area (TPSA) is 93.7 Å². The fourth-order valence-corrected chi connectivity index (χ4v) is 2.60. The van der Waals surface area contributed by atoms with Crippen LogP contribution in [-0.2, 0) is 11.3 Å². The summed E-state index contributed by atoms with van der Waals surface area (Å²) in [5.41, 5.74) is 3.03. The summed E-state index contributed by atoms with van der Waals surface area (Å²) in [5, 5.41) is 13.9. The molecule has 0 aliphatic rings. The highest BCUT2D eigenvalue weighted by atomic mass is 16.5. The summed E-state index contributed by atoms with van der Waals surface area (Å²) in [6, 6.07) is 7.45. The molecule has 3 aromatic heterocycles. The first-order chi connectivity index (χ1) is 11.7. The number of aryl methyl sites for hydroxylation is 2. The van der Waals surface area contributed by atoms with Crippen molar-refractivity contribution in [3.05, 3.63) is 41.9 Å². The normalized spacial score (nSPS) is 10.5. The van der Waals surface area contributed by atoms with E-state index >= 15 is 0 Å². The Labute approximate surface area is 138 Å². The maximum Gasteiger partial charge on any atom is 0.338 e. The Kier molecular flexibility index (Phi) is 4.20. The smallest absolute Gasteiger partial charge is 0.338 e. The van der Waals surface area contributed by atoms with E-state index in [9.17, 15) is 4.79 Å². The van der Waals surface area contributed by atoms with Gasteiger partial charge in [-0.25, -0.2) is 14.5 Å². The molecular weight excluding hydrogens is 306 g/mol. The van der Waals surface area contributed by atoms with Gasteiger partial charge in [-0.05, 0) is 25.1 Å². The van der Waals surface area contributed by atoms with Gasteiger partial charge in [0.15, 0.2) is 5.65 Å². The Morgan fingerprint density at radius 2 is 2.29 bits per heavy atom. The number of methoxy groups -OCH3 is 1. The zero-order chi connectivity index (χ0) is 17.1. The zero-order valence-corrected chi connectivity index (χ0v) is 13.4. The van der Waals surface area contributed by atoms with Crippen LogP contribution in [0.25, 0.3) is 22.3 Å². The highest BCUT2D eigenvalue weighted by molar-refractivity contribution is 6.04. The number of esters is 1. The van der Waals surface area contributed by atoms with Crippen LogP contribution < -0.4 is 0 Å². The van der Waals surface area contributed by atoms with E-state index in [1.165, 1.54) is 7.11 Å². The quantitative estimate of drug-likeness (QED) is 0.685. The van der Waals surface area contributed by atoms with Crippen molar-refractivity contribution < 1.29 is 9.53 Å². The van der Waals surface area contributed by atoms with Crippen molar-refractivity contribution in [1.29, 1.82) is 5.26 Å². The third kappa shape index (κ3) is 2.70. The molecule has 3 heterocycles. The molecule has 0 fully saturated rings. The molecule has 120 valence electrons. The molecule has 0 N–H and O–H groups in total. The molecule has 0 unspecified atom stereocenters. The molecule has 0 atom stereocenters. The molecule has 0 radical (unpaired) electrons. The lowest BCUT2D eigenvalue weighted by Gasteiger charge is -2.07. The van der Waals surface area contributed by atoms with Crippen LogP contribution in [0.15, 0.2) is 30.6 Å². The van der Waals surface area contributed by atoms with E-state index in [1.807, 2.05) is 13.0 Å². The molecule has 0 saturated carbocycles. The number of hydrogen-bond acceptors (Lipinski definition) is 6. The summed E-state index contributed by atoms with van der Waals surface area (Å²) in [4.78, 5) is 21.0. The second-order valence-corrected chi connectivity index (χ2v) is 5.20. The van der Waals surface area contributed by atoms with E-state index in [1.54, 1.807) is 29.2 Å². The highest BCUT2D eigenvalue weighted by Crippen LogP contribution is 2.27. The number of ether oxygens (including phenoxy) is 1. The lowest BCUT2D eigenvalue weighted by atomic mass is 10.1. The third-order valence-corrected chi connectivity index (χ3v) is 3.68. The molecule has 0 aromatic carbocycles. The average Bonchev–Trinajstić information content (AvgIpc) is 2.95. The summed E-state index contributed by atoms with van der Waals surface area (Å²) in [6.07, 6.45) is 3.66. The van der Waals surface area contributed by atoms with Crippen molar-refractivity contribution in [2.24, 2.45) is 0 Å². The number of aromatic nitrogens is 4. The van der Waals surface area contributed by atoms with Crippen molar-refractivity contribution in [1.82, 2.24) is 19.7 Å². The fraction of sp³-hybridized carbons (Fsp3) is 0.235. The molecule has 24 heavy (non-hydrogen) atoms. The average molecular weight is 321 g/mol. The van der Waals surface area contributed by atoms with Gasteiger partial charge in [0.1, 0.15) is 0 Å². The third-order valence-electron chi connectivity index (χ3n) is 3.68. The minimum atomic E-state index is -0.449. The monoisotopic (exact) mass is 321 g/mol. The largest absolute Gasteiger partial charge is 0.465 e. The van der Waals surface area contributed by atoms with Crippen LogP contribution in [0.1, 0.15) is 22.5 Å². The van der Waals surface area contributed by atoms with Gasteiger partial charge in [-0.3, -0.25) is 4.98 Å². The molecule has 0 spiro atoms. The number of hydrogen-bond donors (Lipinski definition) is 0. The fourth-order valence-electron chi connectivity index (χ4n) is 2.60. The molecule has 7 nitrogen and oxygen atoms in total. The Morgan fingerprint density at radius 1 is 1.46 bits per heavy atom. The van der Waals surface area contributed by atoms with E-state index < -0.39 is 5.97 Å². The standard InChI is InChI=1S/C17H15N5O2/c1-11-15-13(17(23)24-2)9-14(12-5-3-7-19-10-12)20-16(15)22(21-11)8-4-6-18/h3,5,7,9-10H,4,8H2,1-2H3. The summed E-state index contributed by atoms with van der Waals surface area (Å²) >= 11 is 0. The first-order valence-electron chi connectivity index (χ1n) is 7.39. The maximum absolute atomic E-state index is 12.2. The van der Waals surface area contributed by atoms with Crippen LogP contribution in [0.3, 0.4) is 0 Å². The highest BCUT2D eigenvalue weighted by Gasteiger charge is 2.20. The van der Waals surface area contributed by atoms with Gasteiger partial charge < -0.3 is 4.74 Å². The Bertz CT molecular complexity index is 941. The van der Waals surface area contributed by atoms with E-state index in [-0.39, 0.29) is 0 Å². The van der Waals surface area contributed by atoms with E-state index in [0.717, 1.165) is 5.56 Å². The van der Waals surface area contributed by atoms with Gasteiger partial charge in [0.25, 0.3) is 0 Å². The maximum atomic E-state index is 12.2. The number of nitrogens with zero attached hydrogens (tertiary/aromatic N) is 5. The minimum Gasteiger partial charge on any atom is -0.465 e. The van der Waals surface area contributed by atoms with Gasteiger partial charge in [-0.1, -0.05) is 0 Å². The molecule has 0 saturated heterocycles. The SMILES string of the molecule is COC(=O)c1cc(-c2cccnc2)nc2c1c(C)nn2CCC#N. The molecular formula is C17H15N5O2. The lowest BCUT2D eigenvalue weighted by molar-refractivity contribution is 0.0603. The molecule has 3 aromatic rings. The molecule has 3 rings (SSSR count). The number of fused-ring (bicyclic) bond motifs is 1. The van der Waals surface area contributed by atoms with Gasteiger partial charge in [0.2, 0.25) is 0 Å². The number of carbonyl (C=O) groups is 1. The van der Waals surface area contributed by atoms with Crippen LogP contribution in [0.5, 0.6) is 0 Å². The minimum absolute atomic E-state index is 0.308. The van der Waals surface area contributed by atoms with Gasteiger partial charge in [-0.2, -0.15) is 10.4 Å². The van der Waals surface area contributed by atoms with Gasteiger partial charge in [0, 0.05) is 18.0 Å². The van der Waals surface area contributed by atoms with E-state index in [2.05, 4.69) is 21.1 Å². The van der Waals surface area contributed by atoms with Crippen LogP contribution in [0.2, 0.25) is 0 Å². The van der Waals surface area contributed by atoms with Crippen molar-refractivity contribution in [3.8, 4) is 17.3 Å². The summed E-state index contributed by atoms with van der Waals surface area (Å²) < 4.78 is 6.56. The van der Waals surface area contributed by atoms with Crippen molar-refractivity contribution in [3.63, 3.8) is 0 Å². The second-order valence-electron chi connectivity index (χ2n) is 5.20. The summed E-state index contributed by atoms with van der Waals surface area (Å²) in [7, 11) is 1.34. The van der Waals surface area contributed by atoms with Gasteiger partial charge >= 0.3 is 5.97 Å². The molecule has 0 bridgehead atoms. The van der Waals surface area contributed by atoms with Crippen LogP contribution >= 0.6 is 0 Å². The first-order valence-corrected chi connectivity index (χ1v) is 7.39. The number of pyridine rings is 2. The Hall–Kier alpha value is -3.27. The van der Waals surface area contributed by atoms with Gasteiger partial charge in [-0.15, -0.1) is 0 Å². The summed E-state index contributed by atoms with van der Waals surface area (Å²) in [5.74, 6) is -0.449. The molecule has 0 aliphatic heterocycles. The van der Waals surface area contributed by atoms with Crippen molar-refractivity contribution in [2.45, 2.75) is 19.9 Å². The summed E-state index contributed by atoms with van der Waals surface area (Å²) in [6.45, 7) is 2.22. The Morgan fingerprint density at radius 3 is 2.96 bits per heavy atom. The predicted molar refractivity (Wildman–Crippen MR) is 87.1 cm³/mol. The zero-order valence-electron chi connectivity index (χ0n) is 13.4. The molecule has 0 amide bonds. The van der Waals surface area contributed by atoms with Crippen LogP contribution in [0, 0.1) is 18.3 Å². The predicted octanol–water partition coefficient (Wildman–Crippen LogP) is 2.50. The van der Waals surface area contributed by atoms with Crippen LogP contribution in [0.4, 0.5) is 0 Å². The Balaban J connectivity index is 2.28.